The number of nitrogens with one attached hydrogen (secondary N) is 1. The highest BCUT2D eigenvalue weighted by Crippen LogP contribution is 1.99. The molecule has 0 aliphatic carbocycles. The van der Waals surface area contributed by atoms with Crippen LogP contribution in [0.2, 0.25) is 0 Å². The molecule has 2 aromatic rings. The monoisotopic (exact) mass is 233 g/mol. The van der Waals surface area contributed by atoms with Crippen LogP contribution in [-0.4, -0.2) is 25.6 Å². The Hall–Kier alpha value is -1.62. The van der Waals surface area contributed by atoms with Crippen LogP contribution in [0.15, 0.2) is 24.8 Å². The third-order valence-electron chi connectivity index (χ3n) is 2.64. The van der Waals surface area contributed by atoms with Gasteiger partial charge in [0.15, 0.2) is 0 Å². The fourth-order valence-electron chi connectivity index (χ4n) is 1.77. The van der Waals surface area contributed by atoms with Crippen LogP contribution in [0.3, 0.4) is 0 Å². The van der Waals surface area contributed by atoms with Gasteiger partial charge in [0, 0.05) is 37.6 Å². The molecule has 92 valence electrons. The van der Waals surface area contributed by atoms with E-state index < -0.39 is 0 Å². The fourth-order valence-corrected chi connectivity index (χ4v) is 1.77. The summed E-state index contributed by atoms with van der Waals surface area (Å²) in [4.78, 5) is 0. The molecule has 0 aromatic carbocycles. The van der Waals surface area contributed by atoms with Gasteiger partial charge in [0.1, 0.15) is 0 Å². The van der Waals surface area contributed by atoms with E-state index in [1.54, 1.807) is 0 Å². The summed E-state index contributed by atoms with van der Waals surface area (Å²) in [6.07, 6.45) is 7.85. The maximum Gasteiger partial charge on any atom is 0.0560 e. The topological polar surface area (TPSA) is 47.7 Å². The maximum atomic E-state index is 4.28. The van der Waals surface area contributed by atoms with Crippen LogP contribution in [0, 0.1) is 6.92 Å². The van der Waals surface area contributed by atoms with Gasteiger partial charge in [-0.1, -0.05) is 0 Å². The van der Waals surface area contributed by atoms with Gasteiger partial charge in [-0.2, -0.15) is 10.2 Å². The first-order valence-corrected chi connectivity index (χ1v) is 5.83. The second kappa shape index (κ2) is 5.14. The number of aromatic nitrogens is 4. The van der Waals surface area contributed by atoms with E-state index in [1.165, 1.54) is 11.1 Å². The van der Waals surface area contributed by atoms with Gasteiger partial charge < -0.3 is 5.32 Å². The highest BCUT2D eigenvalue weighted by Gasteiger charge is 2.04. The number of nitrogens with zero attached hydrogens (tertiary/aromatic N) is 4. The molecule has 0 bridgehead atoms. The molecule has 2 heterocycles. The number of hydrogen-bond acceptors (Lipinski definition) is 3. The first-order valence-electron chi connectivity index (χ1n) is 5.83. The summed E-state index contributed by atoms with van der Waals surface area (Å²) >= 11 is 0. The largest absolute Gasteiger partial charge is 0.308 e. The van der Waals surface area contributed by atoms with E-state index >= 15 is 0 Å². The van der Waals surface area contributed by atoms with Crippen molar-refractivity contribution in [1.82, 2.24) is 24.9 Å². The van der Waals surface area contributed by atoms with Gasteiger partial charge in [-0.15, -0.1) is 0 Å². The summed E-state index contributed by atoms with van der Waals surface area (Å²) in [6.45, 7) is 5.94. The predicted molar refractivity (Wildman–Crippen MR) is 66.5 cm³/mol. The van der Waals surface area contributed by atoms with Crippen LogP contribution in [-0.2, 0) is 20.1 Å². The van der Waals surface area contributed by atoms with Crippen molar-refractivity contribution in [2.24, 2.45) is 7.05 Å². The van der Waals surface area contributed by atoms with E-state index in [0.717, 1.165) is 13.1 Å². The van der Waals surface area contributed by atoms with Crippen molar-refractivity contribution in [3.8, 4) is 0 Å². The van der Waals surface area contributed by atoms with Crippen LogP contribution >= 0.6 is 0 Å². The molecule has 0 amide bonds. The molecule has 5 nitrogen and oxygen atoms in total. The van der Waals surface area contributed by atoms with Crippen molar-refractivity contribution in [3.05, 3.63) is 35.9 Å². The third-order valence-corrected chi connectivity index (χ3v) is 2.64. The molecular weight excluding hydrogens is 214 g/mol. The molecule has 5 heteroatoms. The summed E-state index contributed by atoms with van der Waals surface area (Å²) in [5.41, 5.74) is 2.40. The third kappa shape index (κ3) is 3.42. The van der Waals surface area contributed by atoms with E-state index in [2.05, 4.69) is 35.6 Å². The first-order chi connectivity index (χ1) is 8.13. The van der Waals surface area contributed by atoms with Gasteiger partial charge in [0.2, 0.25) is 0 Å². The summed E-state index contributed by atoms with van der Waals surface area (Å²) in [5, 5.41) is 11.9. The molecule has 0 unspecified atom stereocenters. The molecule has 1 atom stereocenters. The average molecular weight is 233 g/mol. The van der Waals surface area contributed by atoms with E-state index in [1.807, 2.05) is 35.0 Å². The van der Waals surface area contributed by atoms with Gasteiger partial charge in [-0.25, -0.2) is 0 Å². The molecule has 0 saturated heterocycles. The van der Waals surface area contributed by atoms with Crippen LogP contribution in [0.5, 0.6) is 0 Å². The summed E-state index contributed by atoms with van der Waals surface area (Å²) < 4.78 is 3.79. The predicted octanol–water partition coefficient (Wildman–Crippen LogP) is 1.10. The summed E-state index contributed by atoms with van der Waals surface area (Å²) in [5.74, 6) is 0. The molecular formula is C12H19N5. The van der Waals surface area contributed by atoms with Crippen LogP contribution in [0.25, 0.3) is 0 Å². The molecule has 2 aromatic heterocycles. The zero-order valence-corrected chi connectivity index (χ0v) is 10.6. The molecule has 2 rings (SSSR count). The smallest absolute Gasteiger partial charge is 0.0560 e. The molecule has 0 aliphatic rings. The molecule has 0 radical (unpaired) electrons. The van der Waals surface area contributed by atoms with E-state index in [0.29, 0.717) is 6.04 Å². The first kappa shape index (κ1) is 11.9. The second-order valence-corrected chi connectivity index (χ2v) is 4.54. The van der Waals surface area contributed by atoms with Crippen molar-refractivity contribution in [2.75, 3.05) is 0 Å². The Kier molecular flexibility index (Phi) is 3.58. The Morgan fingerprint density at radius 1 is 1.29 bits per heavy atom. The van der Waals surface area contributed by atoms with Gasteiger partial charge in [0.05, 0.1) is 18.9 Å². The minimum Gasteiger partial charge on any atom is -0.308 e. The molecule has 0 spiro atoms. The standard InChI is InChI=1S/C12H19N5/c1-10-4-15-17(7-10)8-11(2)13-5-12-6-14-16(3)9-12/h4,6-7,9,11,13H,5,8H2,1-3H3/t11-/m1/s1. The fraction of sp³-hybridized carbons (Fsp3) is 0.500. The summed E-state index contributed by atoms with van der Waals surface area (Å²) in [7, 11) is 1.93. The maximum absolute atomic E-state index is 4.28. The summed E-state index contributed by atoms with van der Waals surface area (Å²) in [6, 6.07) is 0.384. The lowest BCUT2D eigenvalue weighted by molar-refractivity contribution is 0.450. The van der Waals surface area contributed by atoms with Gasteiger partial charge >= 0.3 is 0 Å². The minimum absolute atomic E-state index is 0.384. The Labute approximate surface area is 101 Å². The molecule has 0 saturated carbocycles. The number of hydrogen-bond donors (Lipinski definition) is 1. The Morgan fingerprint density at radius 3 is 2.71 bits per heavy atom. The van der Waals surface area contributed by atoms with Crippen molar-refractivity contribution in [3.63, 3.8) is 0 Å². The lowest BCUT2D eigenvalue weighted by Crippen LogP contribution is -2.30. The van der Waals surface area contributed by atoms with Crippen molar-refractivity contribution in [2.45, 2.75) is 33.0 Å². The van der Waals surface area contributed by atoms with Crippen molar-refractivity contribution in [1.29, 1.82) is 0 Å². The Bertz CT molecular complexity index is 471. The van der Waals surface area contributed by atoms with Gasteiger partial charge in [-0.05, 0) is 19.4 Å². The van der Waals surface area contributed by atoms with Crippen LogP contribution in [0.4, 0.5) is 0 Å². The SMILES string of the molecule is Cc1cnn(C[C@@H](C)NCc2cnn(C)c2)c1. The zero-order valence-electron chi connectivity index (χ0n) is 10.6. The lowest BCUT2D eigenvalue weighted by Gasteiger charge is -2.12. The van der Waals surface area contributed by atoms with E-state index in [4.69, 9.17) is 0 Å². The van der Waals surface area contributed by atoms with Crippen LogP contribution < -0.4 is 5.32 Å². The minimum atomic E-state index is 0.384. The molecule has 0 fully saturated rings. The van der Waals surface area contributed by atoms with Crippen LogP contribution in [0.1, 0.15) is 18.1 Å². The molecule has 0 aliphatic heterocycles. The normalized spacial score (nSPS) is 12.9. The average Bonchev–Trinajstić information content (AvgIpc) is 2.85. The highest BCUT2D eigenvalue weighted by atomic mass is 15.3. The Morgan fingerprint density at radius 2 is 2.12 bits per heavy atom. The molecule has 1 N–H and O–H groups in total. The van der Waals surface area contributed by atoms with E-state index in [-0.39, 0.29) is 0 Å². The van der Waals surface area contributed by atoms with Gasteiger partial charge in [0.25, 0.3) is 0 Å². The Balaban J connectivity index is 1.79. The highest BCUT2D eigenvalue weighted by molar-refractivity contribution is 5.03. The molecule has 17 heavy (non-hydrogen) atoms. The quantitative estimate of drug-likeness (QED) is 0.841. The number of aryl methyl sites for hydroxylation is 2. The van der Waals surface area contributed by atoms with Crippen molar-refractivity contribution >= 4 is 0 Å². The van der Waals surface area contributed by atoms with Gasteiger partial charge in [-0.3, -0.25) is 9.36 Å². The lowest BCUT2D eigenvalue weighted by atomic mass is 10.3. The van der Waals surface area contributed by atoms with Crippen molar-refractivity contribution < 1.29 is 0 Å². The number of rotatable bonds is 5. The second-order valence-electron chi connectivity index (χ2n) is 4.54. The zero-order chi connectivity index (χ0) is 12.3. The van der Waals surface area contributed by atoms with E-state index in [9.17, 15) is 0 Å².